The Balaban J connectivity index is 0.000000640. The van der Waals surface area contributed by atoms with Crippen molar-refractivity contribution in [3.8, 4) is 0 Å². The Kier molecular flexibility index (Phi) is 3.61. The Morgan fingerprint density at radius 1 is 1.33 bits per heavy atom. The number of carbonyl (C=O) groups is 1. The van der Waals surface area contributed by atoms with Crippen LogP contribution in [0.4, 0.5) is 4.79 Å². The van der Waals surface area contributed by atoms with E-state index < -0.39 is 6.09 Å². The third-order valence-corrected chi connectivity index (χ3v) is 0.815. The number of hydrogen-bond donors (Lipinski definition) is 0. The van der Waals surface area contributed by atoms with Crippen molar-refractivity contribution in [1.82, 2.24) is 4.57 Å². The van der Waals surface area contributed by atoms with Crippen LogP contribution in [0.3, 0.4) is 0 Å². The predicted molar refractivity (Wildman–Crippen MR) is 25.2 cm³/mol. The molecule has 0 N–H and O–H groups in total. The summed E-state index contributed by atoms with van der Waals surface area (Å²) in [6.07, 6.45) is 1.62. The van der Waals surface area contributed by atoms with Gasteiger partial charge in [0.2, 0.25) is 0 Å². The molecule has 4 heteroatoms. The summed E-state index contributed by atoms with van der Waals surface area (Å²) in [5.41, 5.74) is 0. The maximum absolute atomic E-state index is 9.91. The average Bonchev–Trinajstić information content (AvgIpc) is 2.12. The van der Waals surface area contributed by atoms with E-state index in [1.165, 1.54) is 12.4 Å². The normalized spacial score (nSPS) is 8.00. The predicted octanol–water partition coefficient (Wildman–Crippen LogP) is -3.32. The third-order valence-electron chi connectivity index (χ3n) is 0.815. The monoisotopic (exact) mass is 133 g/mol. The summed E-state index contributed by atoms with van der Waals surface area (Å²) in [6, 6.07) is 3.24. The fourth-order valence-electron chi connectivity index (χ4n) is 0.456. The van der Waals surface area contributed by atoms with Gasteiger partial charge in [-0.3, -0.25) is 0 Å². The van der Waals surface area contributed by atoms with E-state index >= 15 is 0 Å². The standard InChI is InChI=1S/C5H5NO2.Na/c7-5(8)6-3-1-2-4-6;/h1-4H,(H,7,8);/q;+1/p-1. The van der Waals surface area contributed by atoms with Crippen LogP contribution >= 0.6 is 0 Å². The molecule has 0 aliphatic rings. The Morgan fingerprint density at radius 3 is 2.00 bits per heavy atom. The van der Waals surface area contributed by atoms with Crippen molar-refractivity contribution in [3.05, 3.63) is 24.5 Å². The maximum atomic E-state index is 9.91. The molecule has 9 heavy (non-hydrogen) atoms. The van der Waals surface area contributed by atoms with Crippen LogP contribution in [0.15, 0.2) is 24.5 Å². The molecule has 3 nitrogen and oxygen atoms in total. The van der Waals surface area contributed by atoms with Crippen molar-refractivity contribution in [3.63, 3.8) is 0 Å². The van der Waals surface area contributed by atoms with Crippen LogP contribution in [0, 0.1) is 0 Å². The van der Waals surface area contributed by atoms with Gasteiger partial charge in [-0.15, -0.1) is 0 Å². The Labute approximate surface area is 74.6 Å². The van der Waals surface area contributed by atoms with E-state index in [1.807, 2.05) is 0 Å². The van der Waals surface area contributed by atoms with Gasteiger partial charge in [0.05, 0.1) is 0 Å². The van der Waals surface area contributed by atoms with Crippen LogP contribution < -0.4 is 34.7 Å². The molecule has 1 aromatic heterocycles. The number of rotatable bonds is 0. The molecule has 0 fully saturated rings. The van der Waals surface area contributed by atoms with Gasteiger partial charge in [0.25, 0.3) is 0 Å². The molecule has 1 heterocycles. The first-order chi connectivity index (χ1) is 3.80. The number of carboxylic acid groups (broad SMARTS) is 1. The fraction of sp³-hybridized carbons (Fsp3) is 0. The van der Waals surface area contributed by atoms with Crippen LogP contribution in [0.5, 0.6) is 0 Å². The Bertz CT molecular complexity index is 183. The van der Waals surface area contributed by atoms with Crippen molar-refractivity contribution in [1.29, 1.82) is 0 Å². The molecular weight excluding hydrogens is 129 g/mol. The van der Waals surface area contributed by atoms with Crippen LogP contribution in [-0.2, 0) is 0 Å². The third kappa shape index (κ3) is 2.22. The number of carbonyl (C=O) groups excluding carboxylic acids is 1. The molecule has 1 rings (SSSR count). The maximum Gasteiger partial charge on any atom is 1.00 e. The van der Waals surface area contributed by atoms with E-state index in [1.54, 1.807) is 12.1 Å². The van der Waals surface area contributed by atoms with Crippen molar-refractivity contribution < 1.29 is 39.5 Å². The molecular formula is C5H4NNaO2. The van der Waals surface area contributed by atoms with Gasteiger partial charge in [-0.25, -0.2) is 0 Å². The van der Waals surface area contributed by atoms with Gasteiger partial charge in [0, 0.05) is 12.4 Å². The Hall–Kier alpha value is -0.250. The number of nitrogens with zero attached hydrogens (tertiary/aromatic N) is 1. The molecule has 0 amide bonds. The van der Waals surface area contributed by atoms with Gasteiger partial charge in [0.15, 0.2) is 0 Å². The van der Waals surface area contributed by atoms with Gasteiger partial charge in [-0.05, 0) is 12.1 Å². The second kappa shape index (κ2) is 3.71. The summed E-state index contributed by atoms with van der Waals surface area (Å²) in [6.45, 7) is 0. The molecule has 0 unspecified atom stereocenters. The van der Waals surface area contributed by atoms with Gasteiger partial charge >= 0.3 is 29.6 Å². The number of aromatic nitrogens is 1. The fourth-order valence-corrected chi connectivity index (χ4v) is 0.456. The molecule has 0 radical (unpaired) electrons. The van der Waals surface area contributed by atoms with E-state index in [0.29, 0.717) is 0 Å². The minimum Gasteiger partial charge on any atom is -0.529 e. The summed E-state index contributed by atoms with van der Waals surface area (Å²) in [5.74, 6) is 0. The second-order valence-electron chi connectivity index (χ2n) is 1.36. The van der Waals surface area contributed by atoms with E-state index in [-0.39, 0.29) is 29.6 Å². The molecule has 0 aliphatic heterocycles. The molecule has 1 aromatic rings. The summed E-state index contributed by atoms with van der Waals surface area (Å²) < 4.78 is 0.972. The zero-order chi connectivity index (χ0) is 5.98. The first-order valence-electron chi connectivity index (χ1n) is 2.15. The largest absolute Gasteiger partial charge is 1.00 e. The summed E-state index contributed by atoms with van der Waals surface area (Å²) in [5, 5.41) is 9.91. The topological polar surface area (TPSA) is 45.1 Å². The second-order valence-corrected chi connectivity index (χ2v) is 1.36. The molecule has 0 aromatic carbocycles. The van der Waals surface area contributed by atoms with Crippen molar-refractivity contribution in [2.24, 2.45) is 0 Å². The SMILES string of the molecule is O=C([O-])n1cccc1.[Na+]. The molecule has 42 valence electrons. The van der Waals surface area contributed by atoms with Gasteiger partial charge in [-0.2, -0.15) is 0 Å². The van der Waals surface area contributed by atoms with E-state index in [4.69, 9.17) is 0 Å². The van der Waals surface area contributed by atoms with Crippen LogP contribution in [0.25, 0.3) is 0 Å². The molecule has 0 saturated heterocycles. The minimum absolute atomic E-state index is 0. The summed E-state index contributed by atoms with van der Waals surface area (Å²) in [4.78, 5) is 9.91. The summed E-state index contributed by atoms with van der Waals surface area (Å²) >= 11 is 0. The smallest absolute Gasteiger partial charge is 0.529 e. The van der Waals surface area contributed by atoms with Crippen LogP contribution in [0.2, 0.25) is 0 Å². The first kappa shape index (κ1) is 8.75. The number of hydrogen-bond acceptors (Lipinski definition) is 2. The molecule has 0 saturated carbocycles. The van der Waals surface area contributed by atoms with E-state index in [0.717, 1.165) is 4.57 Å². The van der Waals surface area contributed by atoms with Crippen LogP contribution in [-0.4, -0.2) is 10.7 Å². The van der Waals surface area contributed by atoms with Crippen molar-refractivity contribution in [2.75, 3.05) is 0 Å². The molecule has 0 atom stereocenters. The van der Waals surface area contributed by atoms with Gasteiger partial charge in [0.1, 0.15) is 6.09 Å². The zero-order valence-electron chi connectivity index (χ0n) is 5.07. The van der Waals surface area contributed by atoms with E-state index in [9.17, 15) is 9.90 Å². The average molecular weight is 133 g/mol. The van der Waals surface area contributed by atoms with E-state index in [2.05, 4.69) is 0 Å². The van der Waals surface area contributed by atoms with Crippen molar-refractivity contribution >= 4 is 6.09 Å². The molecule has 0 bridgehead atoms. The van der Waals surface area contributed by atoms with Crippen molar-refractivity contribution in [2.45, 2.75) is 0 Å². The van der Waals surface area contributed by atoms with Gasteiger partial charge in [-0.1, -0.05) is 0 Å². The Morgan fingerprint density at radius 2 is 1.78 bits per heavy atom. The molecule has 0 spiro atoms. The quantitative estimate of drug-likeness (QED) is 0.348. The minimum atomic E-state index is -1.20. The first-order valence-corrected chi connectivity index (χ1v) is 2.15. The zero-order valence-corrected chi connectivity index (χ0v) is 7.07. The summed E-state index contributed by atoms with van der Waals surface area (Å²) in [7, 11) is 0. The van der Waals surface area contributed by atoms with Crippen LogP contribution in [0.1, 0.15) is 0 Å². The molecule has 0 aliphatic carbocycles. The van der Waals surface area contributed by atoms with Gasteiger partial charge < -0.3 is 14.5 Å².